The van der Waals surface area contributed by atoms with Crippen molar-refractivity contribution >= 4 is 11.8 Å². The molecule has 0 unspecified atom stereocenters. The Morgan fingerprint density at radius 1 is 1.50 bits per heavy atom. The lowest BCUT2D eigenvalue weighted by atomic mass is 10.2. The number of aryl methyl sites for hydroxylation is 2. The summed E-state index contributed by atoms with van der Waals surface area (Å²) in [6.07, 6.45) is 3.52. The normalized spacial score (nSPS) is 15.8. The molecule has 0 aliphatic carbocycles. The molecule has 0 radical (unpaired) electrons. The van der Waals surface area contributed by atoms with E-state index in [1.807, 2.05) is 11.8 Å². The van der Waals surface area contributed by atoms with Crippen molar-refractivity contribution in [2.24, 2.45) is 0 Å². The second-order valence-corrected chi connectivity index (χ2v) is 4.19. The van der Waals surface area contributed by atoms with Gasteiger partial charge in [0.15, 0.2) is 0 Å². The standard InChI is InChI=1S/C10H13NS/c1-2-8-5-6-10-9(11-8)4-3-7-12-10/h5-6H,2-4,7H2,1H3. The Hall–Kier alpha value is -0.500. The summed E-state index contributed by atoms with van der Waals surface area (Å²) >= 11 is 1.95. The second kappa shape index (κ2) is 3.48. The van der Waals surface area contributed by atoms with Crippen molar-refractivity contribution < 1.29 is 0 Å². The maximum atomic E-state index is 4.61. The molecular formula is C10H13NS. The van der Waals surface area contributed by atoms with E-state index < -0.39 is 0 Å². The third-order valence-corrected chi connectivity index (χ3v) is 3.34. The van der Waals surface area contributed by atoms with Gasteiger partial charge in [-0.2, -0.15) is 0 Å². The van der Waals surface area contributed by atoms with Crippen LogP contribution in [-0.2, 0) is 12.8 Å². The van der Waals surface area contributed by atoms with Crippen LogP contribution in [0.4, 0.5) is 0 Å². The first-order valence-electron chi connectivity index (χ1n) is 4.51. The zero-order valence-electron chi connectivity index (χ0n) is 7.34. The van der Waals surface area contributed by atoms with Crippen molar-refractivity contribution in [1.29, 1.82) is 0 Å². The molecule has 2 heterocycles. The fraction of sp³-hybridized carbons (Fsp3) is 0.500. The smallest absolute Gasteiger partial charge is 0.0542 e. The zero-order valence-corrected chi connectivity index (χ0v) is 8.16. The molecule has 12 heavy (non-hydrogen) atoms. The number of aromatic nitrogens is 1. The van der Waals surface area contributed by atoms with E-state index in [9.17, 15) is 0 Å². The third kappa shape index (κ3) is 1.48. The molecule has 0 spiro atoms. The summed E-state index contributed by atoms with van der Waals surface area (Å²) in [7, 11) is 0. The van der Waals surface area contributed by atoms with Crippen molar-refractivity contribution in [2.75, 3.05) is 5.75 Å². The lowest BCUT2D eigenvalue weighted by Crippen LogP contribution is -2.03. The summed E-state index contributed by atoms with van der Waals surface area (Å²) in [4.78, 5) is 6.01. The third-order valence-electron chi connectivity index (χ3n) is 2.17. The Labute approximate surface area is 77.6 Å². The minimum absolute atomic E-state index is 1.05. The van der Waals surface area contributed by atoms with Gasteiger partial charge in [0.1, 0.15) is 0 Å². The van der Waals surface area contributed by atoms with Gasteiger partial charge in [-0.25, -0.2) is 0 Å². The van der Waals surface area contributed by atoms with Crippen LogP contribution in [-0.4, -0.2) is 10.7 Å². The van der Waals surface area contributed by atoms with Crippen LogP contribution in [0, 0.1) is 0 Å². The minimum Gasteiger partial charge on any atom is -0.257 e. The number of fused-ring (bicyclic) bond motifs is 1. The highest BCUT2D eigenvalue weighted by Gasteiger charge is 2.10. The van der Waals surface area contributed by atoms with Crippen LogP contribution >= 0.6 is 11.8 Å². The first kappa shape index (κ1) is 8.11. The Morgan fingerprint density at radius 3 is 3.25 bits per heavy atom. The molecule has 2 heteroatoms. The van der Waals surface area contributed by atoms with Gasteiger partial charge in [-0.15, -0.1) is 11.8 Å². The molecule has 1 aliphatic heterocycles. The van der Waals surface area contributed by atoms with Crippen molar-refractivity contribution in [3.8, 4) is 0 Å². The lowest BCUT2D eigenvalue weighted by Gasteiger charge is -2.14. The molecule has 1 nitrogen and oxygen atoms in total. The molecule has 1 aromatic heterocycles. The molecule has 0 atom stereocenters. The summed E-state index contributed by atoms with van der Waals surface area (Å²) in [6, 6.07) is 4.38. The maximum absolute atomic E-state index is 4.61. The number of rotatable bonds is 1. The number of hydrogen-bond acceptors (Lipinski definition) is 2. The fourth-order valence-electron chi connectivity index (χ4n) is 1.46. The van der Waals surface area contributed by atoms with E-state index in [0.717, 1.165) is 6.42 Å². The second-order valence-electron chi connectivity index (χ2n) is 3.05. The van der Waals surface area contributed by atoms with E-state index in [1.54, 1.807) is 0 Å². The van der Waals surface area contributed by atoms with E-state index in [0.29, 0.717) is 0 Å². The summed E-state index contributed by atoms with van der Waals surface area (Å²) in [5.41, 5.74) is 2.56. The van der Waals surface area contributed by atoms with Gasteiger partial charge >= 0.3 is 0 Å². The summed E-state index contributed by atoms with van der Waals surface area (Å²) in [5.74, 6) is 1.26. The van der Waals surface area contributed by atoms with E-state index in [4.69, 9.17) is 0 Å². The van der Waals surface area contributed by atoms with Gasteiger partial charge < -0.3 is 0 Å². The molecule has 2 rings (SSSR count). The SMILES string of the molecule is CCc1ccc2c(n1)CCCS2. The first-order chi connectivity index (χ1) is 5.90. The Balaban J connectivity index is 2.36. The van der Waals surface area contributed by atoms with Crippen LogP contribution in [0.2, 0.25) is 0 Å². The van der Waals surface area contributed by atoms with Gasteiger partial charge in [0.25, 0.3) is 0 Å². The molecule has 0 fully saturated rings. The first-order valence-corrected chi connectivity index (χ1v) is 5.50. The van der Waals surface area contributed by atoms with Crippen LogP contribution in [0.3, 0.4) is 0 Å². The summed E-state index contributed by atoms with van der Waals surface area (Å²) in [6.45, 7) is 2.16. The van der Waals surface area contributed by atoms with Crippen LogP contribution in [0.5, 0.6) is 0 Å². The highest BCUT2D eigenvalue weighted by Crippen LogP contribution is 2.28. The van der Waals surface area contributed by atoms with E-state index in [1.165, 1.54) is 34.9 Å². The van der Waals surface area contributed by atoms with Gasteiger partial charge in [0.05, 0.1) is 5.69 Å². The summed E-state index contributed by atoms with van der Waals surface area (Å²) in [5, 5.41) is 0. The van der Waals surface area contributed by atoms with Crippen LogP contribution in [0.1, 0.15) is 24.7 Å². The summed E-state index contributed by atoms with van der Waals surface area (Å²) < 4.78 is 0. The quantitative estimate of drug-likeness (QED) is 0.657. The molecule has 0 bridgehead atoms. The molecule has 0 saturated carbocycles. The average Bonchev–Trinajstić information content (AvgIpc) is 2.17. The lowest BCUT2D eigenvalue weighted by molar-refractivity contribution is 0.823. The van der Waals surface area contributed by atoms with Crippen molar-refractivity contribution in [3.05, 3.63) is 23.5 Å². The number of hydrogen-bond donors (Lipinski definition) is 0. The van der Waals surface area contributed by atoms with Gasteiger partial charge in [0, 0.05) is 10.6 Å². The largest absolute Gasteiger partial charge is 0.257 e. The predicted molar refractivity (Wildman–Crippen MR) is 52.7 cm³/mol. The van der Waals surface area contributed by atoms with E-state index >= 15 is 0 Å². The Bertz CT molecular complexity index is 283. The van der Waals surface area contributed by atoms with Gasteiger partial charge in [-0.05, 0) is 37.1 Å². The minimum atomic E-state index is 1.05. The average molecular weight is 179 g/mol. The van der Waals surface area contributed by atoms with Crippen LogP contribution < -0.4 is 0 Å². The molecular weight excluding hydrogens is 166 g/mol. The molecule has 0 amide bonds. The Kier molecular flexibility index (Phi) is 2.35. The molecule has 0 N–H and O–H groups in total. The monoisotopic (exact) mass is 179 g/mol. The predicted octanol–water partition coefficient (Wildman–Crippen LogP) is 2.68. The highest BCUT2D eigenvalue weighted by molar-refractivity contribution is 7.99. The topological polar surface area (TPSA) is 12.9 Å². The molecule has 0 saturated heterocycles. The number of thioether (sulfide) groups is 1. The maximum Gasteiger partial charge on any atom is 0.0542 e. The molecule has 1 aromatic rings. The van der Waals surface area contributed by atoms with Crippen molar-refractivity contribution in [3.63, 3.8) is 0 Å². The zero-order chi connectivity index (χ0) is 8.39. The molecule has 1 aliphatic rings. The van der Waals surface area contributed by atoms with Gasteiger partial charge in [0.2, 0.25) is 0 Å². The highest BCUT2D eigenvalue weighted by atomic mass is 32.2. The molecule has 64 valence electrons. The van der Waals surface area contributed by atoms with Crippen molar-refractivity contribution in [2.45, 2.75) is 31.1 Å². The van der Waals surface area contributed by atoms with E-state index in [2.05, 4.69) is 24.0 Å². The van der Waals surface area contributed by atoms with Crippen molar-refractivity contribution in [1.82, 2.24) is 4.98 Å². The molecule has 0 aromatic carbocycles. The number of nitrogens with zero attached hydrogens (tertiary/aromatic N) is 1. The van der Waals surface area contributed by atoms with E-state index in [-0.39, 0.29) is 0 Å². The fourth-order valence-corrected chi connectivity index (χ4v) is 2.45. The van der Waals surface area contributed by atoms with Crippen LogP contribution in [0.25, 0.3) is 0 Å². The van der Waals surface area contributed by atoms with Gasteiger partial charge in [-0.1, -0.05) is 6.92 Å². The van der Waals surface area contributed by atoms with Crippen LogP contribution in [0.15, 0.2) is 17.0 Å². The van der Waals surface area contributed by atoms with Gasteiger partial charge in [-0.3, -0.25) is 4.98 Å². The number of pyridine rings is 1. The Morgan fingerprint density at radius 2 is 2.42 bits per heavy atom.